The molecule has 0 heterocycles. The Bertz CT molecular complexity index is 900. The number of rotatable bonds is 6. The van der Waals surface area contributed by atoms with Crippen LogP contribution in [0.4, 0.5) is 16.2 Å². The molecule has 0 aliphatic carbocycles. The Balaban J connectivity index is 1.61. The van der Waals surface area contributed by atoms with E-state index in [-0.39, 0.29) is 0 Å². The van der Waals surface area contributed by atoms with Gasteiger partial charge in [-0.05, 0) is 61.1 Å². The fraction of sp³-hybridized carbons (Fsp3) is 0.261. The van der Waals surface area contributed by atoms with Gasteiger partial charge in [0.15, 0.2) is 0 Å². The summed E-state index contributed by atoms with van der Waals surface area (Å²) < 4.78 is 5.12. The van der Waals surface area contributed by atoms with Gasteiger partial charge in [-0.15, -0.1) is 0 Å². The minimum absolute atomic E-state index is 0.335. The van der Waals surface area contributed by atoms with Crippen LogP contribution in [0.2, 0.25) is 5.02 Å². The lowest BCUT2D eigenvalue weighted by atomic mass is 10.2. The Labute approximate surface area is 171 Å². The summed E-state index contributed by atoms with van der Waals surface area (Å²) in [5.74, 6) is 11.8. The van der Waals surface area contributed by atoms with Crippen molar-refractivity contribution in [2.24, 2.45) is 0 Å². The zero-order valence-corrected chi connectivity index (χ0v) is 16.8. The maximum Gasteiger partial charge on any atom is 0.411 e. The number of halogens is 1. The summed E-state index contributed by atoms with van der Waals surface area (Å²) >= 11 is 5.97. The van der Waals surface area contributed by atoms with E-state index in [2.05, 4.69) is 29.0 Å². The third-order valence-electron chi connectivity index (χ3n) is 3.78. The van der Waals surface area contributed by atoms with Gasteiger partial charge in [0.05, 0.1) is 17.3 Å². The molecule has 0 saturated heterocycles. The van der Waals surface area contributed by atoms with Crippen molar-refractivity contribution in [1.82, 2.24) is 0 Å². The molecule has 1 N–H and O–H groups in total. The number of carbonyl (C=O) groups excluding carboxylic acids is 1. The minimum Gasteiger partial charge on any atom is -0.449 e. The number of benzene rings is 2. The predicted octanol–water partition coefficient (Wildman–Crippen LogP) is 5.18. The average molecular weight is 395 g/mol. The van der Waals surface area contributed by atoms with E-state index in [1.807, 2.05) is 43.3 Å². The molecule has 1 amide bonds. The van der Waals surface area contributed by atoms with Crippen LogP contribution < -0.4 is 10.2 Å². The summed E-state index contributed by atoms with van der Waals surface area (Å²) in [5.41, 5.74) is 2.62. The number of anilines is 2. The smallest absolute Gasteiger partial charge is 0.411 e. The van der Waals surface area contributed by atoms with Crippen molar-refractivity contribution < 1.29 is 9.53 Å². The van der Waals surface area contributed by atoms with Crippen LogP contribution in [0.25, 0.3) is 0 Å². The highest BCUT2D eigenvalue weighted by atomic mass is 35.5. The van der Waals surface area contributed by atoms with Gasteiger partial charge in [-0.2, -0.15) is 0 Å². The molecule has 4 nitrogen and oxygen atoms in total. The van der Waals surface area contributed by atoms with E-state index < -0.39 is 6.09 Å². The van der Waals surface area contributed by atoms with E-state index in [1.54, 1.807) is 24.3 Å². The summed E-state index contributed by atoms with van der Waals surface area (Å²) in [5, 5.41) is 3.09. The summed E-state index contributed by atoms with van der Waals surface area (Å²) in [4.78, 5) is 13.7. The monoisotopic (exact) mass is 394 g/mol. The number of hydrogen-bond acceptors (Lipinski definition) is 3. The molecule has 0 radical (unpaired) electrons. The maximum absolute atomic E-state index is 11.7. The highest BCUT2D eigenvalue weighted by molar-refractivity contribution is 6.33. The van der Waals surface area contributed by atoms with Gasteiger partial charge in [-0.1, -0.05) is 35.6 Å². The molecule has 0 spiro atoms. The third-order valence-corrected chi connectivity index (χ3v) is 4.11. The molecular weight excluding hydrogens is 372 g/mol. The van der Waals surface area contributed by atoms with Gasteiger partial charge in [0.2, 0.25) is 0 Å². The topological polar surface area (TPSA) is 41.6 Å². The van der Waals surface area contributed by atoms with E-state index in [0.29, 0.717) is 23.7 Å². The Hall–Kier alpha value is -3.08. The van der Waals surface area contributed by atoms with E-state index in [0.717, 1.165) is 24.1 Å². The van der Waals surface area contributed by atoms with Crippen molar-refractivity contribution in [1.29, 1.82) is 0 Å². The summed E-state index contributed by atoms with van der Waals surface area (Å²) in [6.45, 7) is 0.335. The number of unbranched alkanes of at least 4 members (excludes halogenated alkanes) is 2. The molecule has 2 aromatic rings. The summed E-state index contributed by atoms with van der Waals surface area (Å²) in [6, 6.07) is 15.0. The number of amides is 1. The summed E-state index contributed by atoms with van der Waals surface area (Å²) in [6.07, 6.45) is 1.78. The molecule has 2 rings (SSSR count). The number of nitrogens with zero attached hydrogens (tertiary/aromatic N) is 1. The molecule has 0 bridgehead atoms. The van der Waals surface area contributed by atoms with Gasteiger partial charge in [0, 0.05) is 31.8 Å². The highest BCUT2D eigenvalue weighted by Crippen LogP contribution is 2.20. The van der Waals surface area contributed by atoms with Gasteiger partial charge in [-0.3, -0.25) is 5.32 Å². The van der Waals surface area contributed by atoms with E-state index in [4.69, 9.17) is 16.3 Å². The van der Waals surface area contributed by atoms with Crippen LogP contribution in [0.15, 0.2) is 48.5 Å². The van der Waals surface area contributed by atoms with Crippen molar-refractivity contribution in [3.63, 3.8) is 0 Å². The summed E-state index contributed by atoms with van der Waals surface area (Å²) in [7, 11) is 4.00. The second kappa shape index (κ2) is 11.6. The van der Waals surface area contributed by atoms with Gasteiger partial charge >= 0.3 is 6.09 Å². The van der Waals surface area contributed by atoms with Crippen LogP contribution in [0.5, 0.6) is 0 Å². The Morgan fingerprint density at radius 3 is 2.54 bits per heavy atom. The minimum atomic E-state index is -0.509. The molecule has 0 saturated carbocycles. The fourth-order valence-corrected chi connectivity index (χ4v) is 2.42. The van der Waals surface area contributed by atoms with Crippen molar-refractivity contribution in [2.45, 2.75) is 19.3 Å². The molecular formula is C23H23ClN2O2. The number of nitrogens with one attached hydrogen (secondary N) is 1. The molecule has 0 unspecified atom stereocenters. The number of ether oxygens (including phenoxy) is 1. The standard InChI is InChI=1S/C23H23ClN2O2/c1-26(2)20-16-14-19(15-17-20)11-7-5-3-4-6-10-18-28-23(27)25-22-13-9-8-12-21(22)24/h8-9,12-17H,4,6,10,18H2,1-2H3,(H,25,27). The van der Waals surface area contributed by atoms with Gasteiger partial charge < -0.3 is 9.64 Å². The van der Waals surface area contributed by atoms with Crippen molar-refractivity contribution in [2.75, 3.05) is 30.9 Å². The normalized spacial score (nSPS) is 9.39. The van der Waals surface area contributed by atoms with E-state index in [9.17, 15) is 4.79 Å². The Morgan fingerprint density at radius 2 is 1.82 bits per heavy atom. The molecule has 0 atom stereocenters. The van der Waals surface area contributed by atoms with E-state index in [1.165, 1.54) is 0 Å². The zero-order valence-electron chi connectivity index (χ0n) is 16.1. The van der Waals surface area contributed by atoms with Gasteiger partial charge in [0.25, 0.3) is 0 Å². The fourth-order valence-electron chi connectivity index (χ4n) is 2.24. The molecule has 0 aliphatic heterocycles. The molecule has 0 aliphatic rings. The largest absolute Gasteiger partial charge is 0.449 e. The maximum atomic E-state index is 11.7. The van der Waals surface area contributed by atoms with Crippen molar-refractivity contribution >= 4 is 29.1 Å². The lowest BCUT2D eigenvalue weighted by Crippen LogP contribution is -2.14. The molecule has 28 heavy (non-hydrogen) atoms. The van der Waals surface area contributed by atoms with Crippen molar-refractivity contribution in [3.8, 4) is 23.7 Å². The first kappa shape index (κ1) is 21.2. The Kier molecular flexibility index (Phi) is 8.79. The first-order valence-electron chi connectivity index (χ1n) is 9.01. The molecule has 0 fully saturated rings. The van der Waals surface area contributed by atoms with Crippen LogP contribution in [0.1, 0.15) is 24.8 Å². The van der Waals surface area contributed by atoms with Crippen LogP contribution >= 0.6 is 11.6 Å². The predicted molar refractivity (Wildman–Crippen MR) is 116 cm³/mol. The third kappa shape index (κ3) is 7.66. The van der Waals surface area contributed by atoms with Crippen molar-refractivity contribution in [3.05, 3.63) is 59.1 Å². The highest BCUT2D eigenvalue weighted by Gasteiger charge is 2.05. The molecule has 144 valence electrons. The van der Waals surface area contributed by atoms with Crippen LogP contribution in [0.3, 0.4) is 0 Å². The second-order valence-corrected chi connectivity index (χ2v) is 6.60. The first-order chi connectivity index (χ1) is 13.6. The molecule has 2 aromatic carbocycles. The lowest BCUT2D eigenvalue weighted by Gasteiger charge is -2.11. The first-order valence-corrected chi connectivity index (χ1v) is 9.38. The van der Waals surface area contributed by atoms with Crippen LogP contribution in [-0.2, 0) is 4.74 Å². The molecule has 0 aromatic heterocycles. The van der Waals surface area contributed by atoms with E-state index >= 15 is 0 Å². The Morgan fingerprint density at radius 1 is 1.07 bits per heavy atom. The lowest BCUT2D eigenvalue weighted by molar-refractivity contribution is 0.159. The average Bonchev–Trinajstić information content (AvgIpc) is 2.69. The number of hydrogen-bond donors (Lipinski definition) is 1. The van der Waals surface area contributed by atoms with Crippen LogP contribution in [0, 0.1) is 23.7 Å². The zero-order chi connectivity index (χ0) is 20.2. The van der Waals surface area contributed by atoms with Crippen LogP contribution in [-0.4, -0.2) is 26.8 Å². The number of carbonyl (C=O) groups is 1. The SMILES string of the molecule is CN(C)c1ccc(C#CC#CCCCCOC(=O)Nc2ccccc2Cl)cc1. The van der Waals surface area contributed by atoms with Gasteiger partial charge in [0.1, 0.15) is 0 Å². The van der Waals surface area contributed by atoms with Gasteiger partial charge in [-0.25, -0.2) is 4.79 Å². The second-order valence-electron chi connectivity index (χ2n) is 6.19. The molecule has 5 heteroatoms. The number of para-hydroxylation sites is 1. The quantitative estimate of drug-likeness (QED) is 0.542.